The second-order valence-electron chi connectivity index (χ2n) is 11.6. The van der Waals surface area contributed by atoms with Crippen molar-refractivity contribution in [3.05, 3.63) is 65.9 Å². The molecule has 7 heteroatoms. The number of hydrogen-bond acceptors (Lipinski definition) is 3. The average molecular weight is 637 g/mol. The van der Waals surface area contributed by atoms with Gasteiger partial charge in [0.2, 0.25) is 11.8 Å². The Labute approximate surface area is 259 Å². The Balaban J connectivity index is 1.38. The molecule has 0 spiro atoms. The van der Waals surface area contributed by atoms with Gasteiger partial charge in [-0.2, -0.15) is 0 Å². The van der Waals surface area contributed by atoms with Gasteiger partial charge in [0.25, 0.3) is 0 Å². The third kappa shape index (κ3) is 8.33. The summed E-state index contributed by atoms with van der Waals surface area (Å²) in [6.45, 7) is 5.52. The number of aromatic nitrogens is 1. The van der Waals surface area contributed by atoms with Crippen LogP contribution in [0.25, 0.3) is 10.9 Å². The van der Waals surface area contributed by atoms with E-state index >= 15 is 0 Å². The Morgan fingerprint density at radius 3 is 2.43 bits per heavy atom. The highest BCUT2D eigenvalue weighted by Crippen LogP contribution is 2.33. The van der Waals surface area contributed by atoms with Gasteiger partial charge in [-0.1, -0.05) is 66.0 Å². The molecule has 1 aromatic heterocycles. The number of unbranched alkanes of at least 4 members (excludes halogenated alkanes) is 3. The molecule has 1 aliphatic carbocycles. The fourth-order valence-corrected chi connectivity index (χ4v) is 6.60. The first-order valence-electron chi connectivity index (χ1n) is 15.8. The first-order chi connectivity index (χ1) is 20.4. The lowest BCUT2D eigenvalue weighted by atomic mass is 9.79. The predicted molar refractivity (Wildman–Crippen MR) is 175 cm³/mol. The van der Waals surface area contributed by atoms with Crippen molar-refractivity contribution in [1.82, 2.24) is 9.88 Å². The van der Waals surface area contributed by atoms with Gasteiger partial charge in [0.1, 0.15) is 6.54 Å². The highest BCUT2D eigenvalue weighted by molar-refractivity contribution is 9.09. The van der Waals surface area contributed by atoms with Crippen LogP contribution in [0.5, 0.6) is 0 Å². The van der Waals surface area contributed by atoms with E-state index in [1.54, 1.807) is 4.90 Å². The number of likely N-dealkylation sites (N-methyl/N-ethyl adjacent to an activating group) is 1. The van der Waals surface area contributed by atoms with E-state index in [9.17, 15) is 14.4 Å². The van der Waals surface area contributed by atoms with Crippen molar-refractivity contribution in [3.8, 4) is 0 Å². The van der Waals surface area contributed by atoms with Crippen LogP contribution in [0.2, 0.25) is 0 Å². The number of halogens is 1. The van der Waals surface area contributed by atoms with Gasteiger partial charge in [0.15, 0.2) is 5.78 Å². The van der Waals surface area contributed by atoms with Crippen molar-refractivity contribution in [2.45, 2.75) is 84.6 Å². The lowest BCUT2D eigenvalue weighted by molar-refractivity contribution is -0.126. The lowest BCUT2D eigenvalue weighted by Crippen LogP contribution is -2.35. The van der Waals surface area contributed by atoms with Crippen LogP contribution in [0.3, 0.4) is 0 Å². The highest BCUT2D eigenvalue weighted by Gasteiger charge is 2.29. The molecule has 1 aliphatic rings. The number of ketones is 1. The fourth-order valence-electron chi connectivity index (χ4n) is 6.20. The molecule has 3 aromatic rings. The Morgan fingerprint density at radius 2 is 1.69 bits per heavy atom. The number of hydrogen-bond donors (Lipinski definition) is 1. The third-order valence-electron chi connectivity index (χ3n) is 8.69. The maximum Gasteiger partial charge on any atom is 0.246 e. The number of alkyl halides is 1. The standard InChI is InChI=1S/C35H46BrN3O3/c1-3-26-12-11-14-30(22-26)38(4-2)34(41)25-39-31-15-8-7-13-29(31)24-32(39)33(40)23-27-16-18-28(19-17-27)35(42)37-21-10-6-5-9-20-36/h7-8,11-15,22,24,27-28H,3-6,9-10,16-21,23,25H2,1-2H3,(H,37,42). The van der Waals surface area contributed by atoms with E-state index in [0.29, 0.717) is 18.7 Å². The Morgan fingerprint density at radius 1 is 0.929 bits per heavy atom. The summed E-state index contributed by atoms with van der Waals surface area (Å²) in [6, 6.07) is 18.0. The molecule has 6 nitrogen and oxygen atoms in total. The van der Waals surface area contributed by atoms with Crippen LogP contribution in [-0.2, 0) is 22.6 Å². The van der Waals surface area contributed by atoms with E-state index in [4.69, 9.17) is 0 Å². The van der Waals surface area contributed by atoms with Crippen LogP contribution < -0.4 is 10.2 Å². The van der Waals surface area contributed by atoms with Gasteiger partial charge in [-0.3, -0.25) is 14.4 Å². The van der Waals surface area contributed by atoms with Gasteiger partial charge >= 0.3 is 0 Å². The lowest BCUT2D eigenvalue weighted by Gasteiger charge is -2.27. The van der Waals surface area contributed by atoms with Crippen LogP contribution in [0, 0.1) is 11.8 Å². The molecule has 1 saturated carbocycles. The van der Waals surface area contributed by atoms with Gasteiger partial charge < -0.3 is 14.8 Å². The monoisotopic (exact) mass is 635 g/mol. The zero-order chi connectivity index (χ0) is 29.9. The molecule has 0 bridgehead atoms. The fraction of sp³-hybridized carbons (Fsp3) is 0.514. The molecule has 1 fully saturated rings. The number of carbonyl (C=O) groups excluding carboxylic acids is 3. The molecule has 2 amide bonds. The van der Waals surface area contributed by atoms with E-state index in [2.05, 4.69) is 40.3 Å². The van der Waals surface area contributed by atoms with Gasteiger partial charge in [0.05, 0.1) is 5.69 Å². The summed E-state index contributed by atoms with van der Waals surface area (Å²) in [5.74, 6) is 0.525. The molecule has 1 heterocycles. The molecule has 0 atom stereocenters. The van der Waals surface area contributed by atoms with E-state index in [0.717, 1.165) is 73.4 Å². The van der Waals surface area contributed by atoms with Crippen molar-refractivity contribution in [3.63, 3.8) is 0 Å². The number of benzene rings is 2. The van der Waals surface area contributed by atoms with E-state index < -0.39 is 0 Å². The van der Waals surface area contributed by atoms with Crippen LogP contribution in [0.15, 0.2) is 54.6 Å². The predicted octanol–water partition coefficient (Wildman–Crippen LogP) is 7.71. The number of Topliss-reactive ketones (excluding diaryl/α,β-unsaturated/α-hetero) is 1. The SMILES string of the molecule is CCc1cccc(N(CC)C(=O)Cn2c(C(=O)CC3CCC(C(=O)NCCCCCCBr)CC3)cc3ccccc32)c1. The van der Waals surface area contributed by atoms with Crippen LogP contribution in [0.1, 0.15) is 87.7 Å². The molecule has 0 unspecified atom stereocenters. The maximum atomic E-state index is 13.7. The zero-order valence-corrected chi connectivity index (χ0v) is 26.8. The molecular weight excluding hydrogens is 590 g/mol. The third-order valence-corrected chi connectivity index (χ3v) is 9.25. The number of fused-ring (bicyclic) bond motifs is 1. The number of amides is 2. The number of para-hydroxylation sites is 1. The van der Waals surface area contributed by atoms with Crippen LogP contribution in [0.4, 0.5) is 5.69 Å². The minimum atomic E-state index is -0.0317. The van der Waals surface area contributed by atoms with Crippen molar-refractivity contribution < 1.29 is 14.4 Å². The largest absolute Gasteiger partial charge is 0.356 e. The summed E-state index contributed by atoms with van der Waals surface area (Å²) in [7, 11) is 0. The average Bonchev–Trinajstić information content (AvgIpc) is 3.38. The molecule has 0 radical (unpaired) electrons. The minimum absolute atomic E-state index is 0.0317. The number of nitrogens with zero attached hydrogens (tertiary/aromatic N) is 2. The summed E-state index contributed by atoms with van der Waals surface area (Å²) in [5.41, 5.74) is 3.58. The van der Waals surface area contributed by atoms with Gasteiger partial charge in [-0.15, -0.1) is 0 Å². The summed E-state index contributed by atoms with van der Waals surface area (Å²) in [6.07, 6.45) is 9.32. The molecular formula is C35H46BrN3O3. The van der Waals surface area contributed by atoms with Crippen molar-refractivity contribution in [2.24, 2.45) is 11.8 Å². The Kier molecular flexibility index (Phi) is 12.2. The summed E-state index contributed by atoms with van der Waals surface area (Å²) >= 11 is 3.46. The topological polar surface area (TPSA) is 71.4 Å². The minimum Gasteiger partial charge on any atom is -0.356 e. The summed E-state index contributed by atoms with van der Waals surface area (Å²) < 4.78 is 1.91. The number of aryl methyl sites for hydroxylation is 1. The highest BCUT2D eigenvalue weighted by atomic mass is 79.9. The number of nitrogens with one attached hydrogen (secondary N) is 1. The molecule has 226 valence electrons. The maximum absolute atomic E-state index is 13.7. The van der Waals surface area contributed by atoms with E-state index in [-0.39, 0.29) is 36.0 Å². The molecule has 0 aliphatic heterocycles. The summed E-state index contributed by atoms with van der Waals surface area (Å²) in [4.78, 5) is 41.8. The second kappa shape index (κ2) is 16.1. The smallest absolute Gasteiger partial charge is 0.246 e. The van der Waals surface area contributed by atoms with Crippen molar-refractivity contribution in [2.75, 3.05) is 23.3 Å². The van der Waals surface area contributed by atoms with Gasteiger partial charge in [-0.05, 0) is 87.6 Å². The normalized spacial score (nSPS) is 16.8. The van der Waals surface area contributed by atoms with Crippen LogP contribution in [-0.4, -0.2) is 40.6 Å². The molecule has 42 heavy (non-hydrogen) atoms. The zero-order valence-electron chi connectivity index (χ0n) is 25.2. The van der Waals surface area contributed by atoms with Crippen molar-refractivity contribution >= 4 is 50.1 Å². The Hall–Kier alpha value is -2.93. The summed E-state index contributed by atoms with van der Waals surface area (Å²) in [5, 5.41) is 5.13. The van der Waals surface area contributed by atoms with Gasteiger partial charge in [-0.25, -0.2) is 0 Å². The quantitative estimate of drug-likeness (QED) is 0.106. The first-order valence-corrected chi connectivity index (χ1v) is 16.9. The number of anilines is 1. The Bertz CT molecular complexity index is 1340. The number of carbonyl (C=O) groups is 3. The van der Waals surface area contributed by atoms with E-state index in [1.807, 2.05) is 54.0 Å². The molecule has 1 N–H and O–H groups in total. The van der Waals surface area contributed by atoms with Crippen molar-refractivity contribution in [1.29, 1.82) is 0 Å². The van der Waals surface area contributed by atoms with Crippen LogP contribution >= 0.6 is 15.9 Å². The molecule has 2 aromatic carbocycles. The first kappa shape index (κ1) is 32.0. The van der Waals surface area contributed by atoms with E-state index in [1.165, 1.54) is 18.4 Å². The second-order valence-corrected chi connectivity index (χ2v) is 12.4. The number of rotatable bonds is 15. The molecule has 4 rings (SSSR count). The molecule has 0 saturated heterocycles. The van der Waals surface area contributed by atoms with Gasteiger partial charge in [0, 0.05) is 47.3 Å².